The second kappa shape index (κ2) is 11.7. The fourth-order valence-electron chi connectivity index (χ4n) is 9.62. The monoisotopic (exact) mass is 736 g/mol. The van der Waals surface area contributed by atoms with Crippen LogP contribution in [0.4, 0.5) is 5.82 Å². The number of likely N-dealkylation sites (tertiary alicyclic amines) is 1. The van der Waals surface area contributed by atoms with E-state index in [-0.39, 0.29) is 35.8 Å². The summed E-state index contributed by atoms with van der Waals surface area (Å²) in [6.07, 6.45) is 4.70. The van der Waals surface area contributed by atoms with Crippen molar-refractivity contribution in [3.05, 3.63) is 88.5 Å². The van der Waals surface area contributed by atoms with Gasteiger partial charge in [0.05, 0.1) is 28.0 Å². The predicted octanol–water partition coefficient (Wildman–Crippen LogP) is 7.73. The number of thiophene rings is 1. The predicted molar refractivity (Wildman–Crippen MR) is 202 cm³/mol. The Kier molecular flexibility index (Phi) is 7.79. The number of aryl methyl sites for hydroxylation is 2. The molecule has 0 unspecified atom stereocenters. The van der Waals surface area contributed by atoms with Crippen molar-refractivity contribution in [2.24, 2.45) is 36.1 Å². The van der Waals surface area contributed by atoms with Gasteiger partial charge in [-0.1, -0.05) is 47.5 Å². The van der Waals surface area contributed by atoms with Crippen LogP contribution in [-0.4, -0.2) is 49.0 Å². The number of nitrogens with zero attached hydrogens (tertiary/aromatic N) is 4. The molecule has 6 atom stereocenters. The smallest absolute Gasteiger partial charge is 0.242 e. The second-order valence-corrected chi connectivity index (χ2v) is 17.4. The maximum Gasteiger partial charge on any atom is 0.242 e. The van der Waals surface area contributed by atoms with Gasteiger partial charge in [-0.05, 0) is 94.5 Å². The zero-order chi connectivity index (χ0) is 37.2. The van der Waals surface area contributed by atoms with Crippen molar-refractivity contribution in [3.8, 4) is 16.3 Å². The Balaban J connectivity index is 1.27. The van der Waals surface area contributed by atoms with Gasteiger partial charge in [-0.25, -0.2) is 4.90 Å². The molecule has 52 heavy (non-hydrogen) atoms. The van der Waals surface area contributed by atoms with Gasteiger partial charge in [-0.15, -0.1) is 17.9 Å². The number of para-hydroxylation sites is 1. The molecule has 4 amide bonds. The fraction of sp³-hybridized carbons (Fsp3) is 0.390. The third-order valence-corrected chi connectivity index (χ3v) is 13.5. The molecule has 11 heteroatoms. The Bertz CT molecular complexity index is 2300. The van der Waals surface area contributed by atoms with Crippen LogP contribution in [0, 0.1) is 36.0 Å². The van der Waals surface area contributed by atoms with Gasteiger partial charge >= 0.3 is 0 Å². The van der Waals surface area contributed by atoms with Gasteiger partial charge in [0, 0.05) is 39.9 Å². The number of halogens is 1. The number of amides is 4. The van der Waals surface area contributed by atoms with E-state index in [2.05, 4.69) is 6.58 Å². The molecule has 0 spiro atoms. The molecule has 4 heterocycles. The average Bonchev–Trinajstić information content (AvgIpc) is 3.76. The first kappa shape index (κ1) is 34.5. The fourth-order valence-corrected chi connectivity index (χ4v) is 10.9. The molecule has 2 aromatic heterocycles. The summed E-state index contributed by atoms with van der Waals surface area (Å²) in [6.45, 7) is 13.3. The quantitative estimate of drug-likeness (QED) is 0.166. The third-order valence-electron chi connectivity index (χ3n) is 12.0. The van der Waals surface area contributed by atoms with Crippen LogP contribution in [0.5, 0.6) is 5.75 Å². The molecule has 0 bridgehead atoms. The molecule has 4 aliphatic rings. The summed E-state index contributed by atoms with van der Waals surface area (Å²) in [5.74, 6) is -4.05. The lowest BCUT2D eigenvalue weighted by molar-refractivity contribution is -0.145. The average molecular weight is 737 g/mol. The van der Waals surface area contributed by atoms with Crippen molar-refractivity contribution in [3.63, 3.8) is 0 Å². The van der Waals surface area contributed by atoms with Gasteiger partial charge in [0.2, 0.25) is 23.6 Å². The van der Waals surface area contributed by atoms with E-state index in [1.54, 1.807) is 35.2 Å². The second-order valence-electron chi connectivity index (χ2n) is 15.9. The number of phenols is 1. The third kappa shape index (κ3) is 4.69. The van der Waals surface area contributed by atoms with Crippen LogP contribution >= 0.6 is 22.9 Å². The van der Waals surface area contributed by atoms with E-state index in [1.807, 2.05) is 77.1 Å². The number of hydrogen-bond donors (Lipinski definition) is 1. The first-order chi connectivity index (χ1) is 24.6. The summed E-state index contributed by atoms with van der Waals surface area (Å²) in [6, 6.07) is 13.0. The molecule has 0 radical (unpaired) electrons. The highest BCUT2D eigenvalue weighted by Crippen LogP contribution is 2.65. The molecule has 2 saturated heterocycles. The highest BCUT2D eigenvalue weighted by atomic mass is 35.5. The van der Waals surface area contributed by atoms with Crippen LogP contribution in [-0.2, 0) is 32.6 Å². The van der Waals surface area contributed by atoms with E-state index in [4.69, 9.17) is 16.7 Å². The summed E-state index contributed by atoms with van der Waals surface area (Å²) in [5.41, 5.74) is 1.64. The first-order valence-electron chi connectivity index (χ1n) is 17.7. The van der Waals surface area contributed by atoms with Crippen molar-refractivity contribution in [1.82, 2.24) is 14.7 Å². The molecule has 8 rings (SSSR count). The number of phenolic OH excluding ortho intramolecular Hbond substituents is 1. The highest BCUT2D eigenvalue weighted by Gasteiger charge is 2.68. The normalized spacial score (nSPS) is 27.3. The van der Waals surface area contributed by atoms with Crippen LogP contribution in [0.25, 0.3) is 20.7 Å². The number of benzene rings is 2. The van der Waals surface area contributed by atoms with E-state index in [0.717, 1.165) is 26.1 Å². The lowest BCUT2D eigenvalue weighted by Gasteiger charge is -2.49. The lowest BCUT2D eigenvalue weighted by Crippen LogP contribution is -2.49. The molecule has 2 aromatic carbocycles. The summed E-state index contributed by atoms with van der Waals surface area (Å²) in [7, 11) is 1.72. The summed E-state index contributed by atoms with van der Waals surface area (Å²) < 4.78 is 2.62. The van der Waals surface area contributed by atoms with Gasteiger partial charge < -0.3 is 5.11 Å². The minimum atomic E-state index is -1.30. The zero-order valence-corrected chi connectivity index (χ0v) is 31.6. The topological polar surface area (TPSA) is 113 Å². The maximum atomic E-state index is 15.1. The van der Waals surface area contributed by atoms with Crippen molar-refractivity contribution in [1.29, 1.82) is 0 Å². The van der Waals surface area contributed by atoms with E-state index < -0.39 is 40.5 Å². The number of aromatic nitrogens is 2. The number of carbonyl (C=O) groups excluding carboxylic acids is 4. The molecule has 3 fully saturated rings. The van der Waals surface area contributed by atoms with Crippen molar-refractivity contribution in [2.75, 3.05) is 4.90 Å². The SMILES string of the molecule is C=CCc1cccc([C@H]2C3=CC[C@@H]4C(=O)N(C(C)(C)C)C(=O)[C@@H]4[C@@H]3C[C@H]3C(=O)N(c4cc(-c5sc6ccc(Cl)cc6c5C)nn4C)C(=O)[C@@]23C)c1O. The number of fused-ring (bicyclic) bond motifs is 5. The number of rotatable bonds is 5. The number of allylic oxidation sites excluding steroid dienone is 3. The molecule has 1 N–H and O–H groups in total. The molecular formula is C41H41ClN4O5S. The molecule has 2 aliphatic carbocycles. The molecule has 2 aliphatic heterocycles. The number of aromatic hydroxyl groups is 1. The lowest BCUT2D eigenvalue weighted by atomic mass is 9.51. The van der Waals surface area contributed by atoms with Crippen molar-refractivity contribution >= 4 is 62.5 Å². The van der Waals surface area contributed by atoms with Crippen LogP contribution in [0.1, 0.15) is 63.1 Å². The van der Waals surface area contributed by atoms with Crippen LogP contribution in [0.15, 0.2) is 66.8 Å². The van der Waals surface area contributed by atoms with Gasteiger partial charge in [0.25, 0.3) is 0 Å². The molecule has 4 aromatic rings. The summed E-state index contributed by atoms with van der Waals surface area (Å²) >= 11 is 7.89. The van der Waals surface area contributed by atoms with Crippen molar-refractivity contribution in [2.45, 2.75) is 65.3 Å². The van der Waals surface area contributed by atoms with Crippen LogP contribution < -0.4 is 4.90 Å². The molecule has 1 saturated carbocycles. The number of hydrogen-bond acceptors (Lipinski definition) is 7. The van der Waals surface area contributed by atoms with E-state index in [1.165, 1.54) is 9.80 Å². The Labute approximate surface area is 311 Å². The molecular weight excluding hydrogens is 696 g/mol. The van der Waals surface area contributed by atoms with E-state index in [9.17, 15) is 19.5 Å². The Hall–Kier alpha value is -4.54. The standard InChI is InChI=1S/C41H41ClN4O5S/c1-8-10-21-11-9-12-25(34(21)47)33-23-14-15-24-32(38(50)46(36(24)48)40(3,4)5)27(23)18-28-37(49)45(39(51)41(28,33)6)31-19-29(43-44(31)7)35-20(2)26-17-22(42)13-16-30(26)52-35/h8-9,11-14,16-17,19,24,27-28,32-33,47H,1,10,15,18H2,2-7H3/t24-,27+,28-,32-,33+,41+/m0/s1. The van der Waals surface area contributed by atoms with Gasteiger partial charge in [0.15, 0.2) is 0 Å². The van der Waals surface area contributed by atoms with E-state index in [0.29, 0.717) is 40.5 Å². The van der Waals surface area contributed by atoms with E-state index >= 15 is 4.79 Å². The van der Waals surface area contributed by atoms with Crippen LogP contribution in [0.2, 0.25) is 5.02 Å². The minimum Gasteiger partial charge on any atom is -0.507 e. The van der Waals surface area contributed by atoms with Crippen molar-refractivity contribution < 1.29 is 24.3 Å². The minimum absolute atomic E-state index is 0.0445. The largest absolute Gasteiger partial charge is 0.507 e. The molecule has 268 valence electrons. The Morgan fingerprint density at radius 2 is 1.83 bits per heavy atom. The highest BCUT2D eigenvalue weighted by molar-refractivity contribution is 7.22. The number of imide groups is 2. The molecule has 9 nitrogen and oxygen atoms in total. The maximum absolute atomic E-state index is 15.1. The number of carbonyl (C=O) groups is 4. The number of anilines is 1. The summed E-state index contributed by atoms with van der Waals surface area (Å²) in [5, 5.41) is 18.3. The van der Waals surface area contributed by atoms with Crippen LogP contribution in [0.3, 0.4) is 0 Å². The Morgan fingerprint density at radius 3 is 2.54 bits per heavy atom. The Morgan fingerprint density at radius 1 is 1.08 bits per heavy atom. The van der Waals surface area contributed by atoms with Gasteiger partial charge in [-0.3, -0.25) is 28.8 Å². The first-order valence-corrected chi connectivity index (χ1v) is 18.9. The van der Waals surface area contributed by atoms with Gasteiger partial charge in [0.1, 0.15) is 17.3 Å². The zero-order valence-electron chi connectivity index (χ0n) is 30.1. The summed E-state index contributed by atoms with van der Waals surface area (Å²) in [4.78, 5) is 61.6. The van der Waals surface area contributed by atoms with Gasteiger partial charge in [-0.2, -0.15) is 5.10 Å².